The van der Waals surface area contributed by atoms with Crippen LogP contribution in [0.3, 0.4) is 0 Å². The third-order valence-corrected chi connectivity index (χ3v) is 5.74. The molecule has 0 atom stereocenters. The minimum Gasteiger partial charge on any atom is -0.486 e. The zero-order valence-corrected chi connectivity index (χ0v) is 17.3. The summed E-state index contributed by atoms with van der Waals surface area (Å²) in [7, 11) is -3.75. The maximum Gasteiger partial charge on any atom is 0.251 e. The summed E-state index contributed by atoms with van der Waals surface area (Å²) in [4.78, 5) is 23.6. The molecule has 2 aromatic carbocycles. The Labute approximate surface area is 174 Å². The van der Waals surface area contributed by atoms with Crippen molar-refractivity contribution in [2.75, 3.05) is 31.6 Å². The average Bonchev–Trinajstić information content (AvgIpc) is 2.76. The Bertz CT molecular complexity index is 1020. The summed E-state index contributed by atoms with van der Waals surface area (Å²) in [6.45, 7) is 2.67. The lowest BCUT2D eigenvalue weighted by molar-refractivity contribution is -0.115. The van der Waals surface area contributed by atoms with Crippen LogP contribution in [0.5, 0.6) is 11.5 Å². The van der Waals surface area contributed by atoms with E-state index in [-0.39, 0.29) is 29.8 Å². The van der Waals surface area contributed by atoms with E-state index in [4.69, 9.17) is 9.47 Å². The fourth-order valence-electron chi connectivity index (χ4n) is 2.69. The van der Waals surface area contributed by atoms with Crippen LogP contribution < -0.4 is 24.8 Å². The number of hydrogen-bond donors (Lipinski definition) is 3. The van der Waals surface area contributed by atoms with Gasteiger partial charge in [-0.1, -0.05) is 6.92 Å². The molecule has 0 aromatic heterocycles. The van der Waals surface area contributed by atoms with Crippen molar-refractivity contribution in [1.29, 1.82) is 0 Å². The molecule has 30 heavy (non-hydrogen) atoms. The molecule has 2 amide bonds. The largest absolute Gasteiger partial charge is 0.486 e. The number of fused-ring (bicyclic) bond motifs is 1. The summed E-state index contributed by atoms with van der Waals surface area (Å²) in [5.74, 6) is 0.433. The molecule has 9 nitrogen and oxygen atoms in total. The summed E-state index contributed by atoms with van der Waals surface area (Å²) in [6.07, 6.45) is 0.365. The molecular weight excluding hydrogens is 410 g/mol. The van der Waals surface area contributed by atoms with Crippen LogP contribution in [0.4, 0.5) is 5.69 Å². The Balaban J connectivity index is 1.49. The highest BCUT2D eigenvalue weighted by Crippen LogP contribution is 2.32. The van der Waals surface area contributed by atoms with Crippen molar-refractivity contribution in [1.82, 2.24) is 10.0 Å². The number of anilines is 1. The monoisotopic (exact) mass is 433 g/mol. The lowest BCUT2D eigenvalue weighted by Gasteiger charge is -2.19. The zero-order valence-electron chi connectivity index (χ0n) is 16.4. The average molecular weight is 433 g/mol. The maximum absolute atomic E-state index is 12.4. The van der Waals surface area contributed by atoms with Crippen LogP contribution in [-0.4, -0.2) is 46.5 Å². The van der Waals surface area contributed by atoms with E-state index < -0.39 is 10.0 Å². The van der Waals surface area contributed by atoms with Gasteiger partial charge in [0.1, 0.15) is 13.2 Å². The molecule has 3 rings (SSSR count). The first kappa shape index (κ1) is 21.6. The first-order valence-electron chi connectivity index (χ1n) is 9.46. The number of rotatable bonds is 8. The number of benzene rings is 2. The second kappa shape index (κ2) is 9.59. The van der Waals surface area contributed by atoms with Gasteiger partial charge in [-0.15, -0.1) is 0 Å². The number of amides is 2. The Morgan fingerprint density at radius 2 is 1.67 bits per heavy atom. The summed E-state index contributed by atoms with van der Waals surface area (Å²) < 4.78 is 38.1. The van der Waals surface area contributed by atoms with Gasteiger partial charge >= 0.3 is 0 Å². The second-order valence-corrected chi connectivity index (χ2v) is 8.21. The number of hydrogen-bond acceptors (Lipinski definition) is 6. The fraction of sp³-hybridized carbons (Fsp3) is 0.300. The Morgan fingerprint density at radius 1 is 0.967 bits per heavy atom. The van der Waals surface area contributed by atoms with Crippen LogP contribution in [0.25, 0.3) is 0 Å². The number of ether oxygens (including phenoxy) is 2. The van der Waals surface area contributed by atoms with Gasteiger partial charge in [0.15, 0.2) is 11.5 Å². The quantitative estimate of drug-likeness (QED) is 0.543. The second-order valence-electron chi connectivity index (χ2n) is 6.44. The van der Waals surface area contributed by atoms with E-state index >= 15 is 0 Å². The van der Waals surface area contributed by atoms with Crippen molar-refractivity contribution < 1.29 is 27.5 Å². The molecule has 160 valence electrons. The number of nitrogens with one attached hydrogen (secondary N) is 3. The van der Waals surface area contributed by atoms with Crippen molar-refractivity contribution in [3.05, 3.63) is 48.0 Å². The van der Waals surface area contributed by atoms with Gasteiger partial charge in [0.05, 0.1) is 4.90 Å². The summed E-state index contributed by atoms with van der Waals surface area (Å²) in [5, 5.41) is 5.34. The minimum absolute atomic E-state index is 0.0210. The van der Waals surface area contributed by atoms with E-state index in [0.717, 1.165) is 0 Å². The molecule has 3 N–H and O–H groups in total. The molecule has 0 saturated heterocycles. The van der Waals surface area contributed by atoms with Crippen molar-refractivity contribution in [2.45, 2.75) is 18.2 Å². The molecule has 0 unspecified atom stereocenters. The molecule has 2 aromatic rings. The number of carbonyl (C=O) groups is 2. The van der Waals surface area contributed by atoms with Gasteiger partial charge < -0.3 is 20.1 Å². The molecule has 1 aliphatic heterocycles. The van der Waals surface area contributed by atoms with E-state index in [1.54, 1.807) is 37.3 Å². The first-order chi connectivity index (χ1) is 14.4. The highest BCUT2D eigenvalue weighted by molar-refractivity contribution is 7.89. The lowest BCUT2D eigenvalue weighted by atomic mass is 10.2. The van der Waals surface area contributed by atoms with E-state index in [0.29, 0.717) is 42.4 Å². The van der Waals surface area contributed by atoms with Crippen LogP contribution in [-0.2, 0) is 14.8 Å². The van der Waals surface area contributed by atoms with Gasteiger partial charge in [-0.05, 0) is 36.4 Å². The standard InChI is InChI=1S/C20H23N3O6S/c1-2-19(24)23-15-5-3-14(4-6-15)20(25)21-9-10-22-30(26,27)16-7-8-17-18(13-16)29-12-11-28-17/h3-8,13,22H,2,9-12H2,1H3,(H,21,25)(H,23,24). The van der Waals surface area contributed by atoms with Crippen molar-refractivity contribution in [3.8, 4) is 11.5 Å². The molecular formula is C20H23N3O6S. The van der Waals surface area contributed by atoms with Gasteiger partial charge in [-0.25, -0.2) is 13.1 Å². The molecule has 10 heteroatoms. The Hall–Kier alpha value is -3.11. The van der Waals surface area contributed by atoms with Crippen LogP contribution in [0, 0.1) is 0 Å². The number of carbonyl (C=O) groups excluding carboxylic acids is 2. The molecule has 1 aliphatic rings. The van der Waals surface area contributed by atoms with E-state index in [9.17, 15) is 18.0 Å². The smallest absolute Gasteiger partial charge is 0.251 e. The topological polar surface area (TPSA) is 123 Å². The normalized spacial score (nSPS) is 12.8. The van der Waals surface area contributed by atoms with Crippen LogP contribution in [0.15, 0.2) is 47.4 Å². The molecule has 0 fully saturated rings. The van der Waals surface area contributed by atoms with Crippen molar-refractivity contribution >= 4 is 27.5 Å². The molecule has 1 heterocycles. The molecule has 0 bridgehead atoms. The van der Waals surface area contributed by atoms with Crippen LogP contribution in [0.1, 0.15) is 23.7 Å². The van der Waals surface area contributed by atoms with E-state index in [2.05, 4.69) is 15.4 Å². The molecule has 0 radical (unpaired) electrons. The Kier molecular flexibility index (Phi) is 6.91. The molecule has 0 spiro atoms. The summed E-state index contributed by atoms with van der Waals surface area (Å²) >= 11 is 0. The van der Waals surface area contributed by atoms with Crippen LogP contribution >= 0.6 is 0 Å². The van der Waals surface area contributed by atoms with Gasteiger partial charge in [0, 0.05) is 36.8 Å². The highest BCUT2D eigenvalue weighted by atomic mass is 32.2. The SMILES string of the molecule is CCC(=O)Nc1ccc(C(=O)NCCNS(=O)(=O)c2ccc3c(c2)OCCO3)cc1. The highest BCUT2D eigenvalue weighted by Gasteiger charge is 2.19. The van der Waals surface area contributed by atoms with Crippen LogP contribution in [0.2, 0.25) is 0 Å². The third kappa shape index (κ3) is 5.49. The predicted octanol–water partition coefficient (Wildman–Crippen LogP) is 1.51. The van der Waals surface area contributed by atoms with Crippen molar-refractivity contribution in [2.24, 2.45) is 0 Å². The van der Waals surface area contributed by atoms with E-state index in [1.807, 2.05) is 0 Å². The third-order valence-electron chi connectivity index (χ3n) is 4.28. The summed E-state index contributed by atoms with van der Waals surface area (Å²) in [6, 6.07) is 10.8. The first-order valence-corrected chi connectivity index (χ1v) is 10.9. The van der Waals surface area contributed by atoms with E-state index in [1.165, 1.54) is 12.1 Å². The Morgan fingerprint density at radius 3 is 2.37 bits per heavy atom. The zero-order chi connectivity index (χ0) is 21.6. The molecule has 0 saturated carbocycles. The van der Waals surface area contributed by atoms with Crippen molar-refractivity contribution in [3.63, 3.8) is 0 Å². The van der Waals surface area contributed by atoms with Gasteiger partial charge in [0.2, 0.25) is 15.9 Å². The predicted molar refractivity (Wildman–Crippen MR) is 110 cm³/mol. The maximum atomic E-state index is 12.4. The molecule has 0 aliphatic carbocycles. The fourth-order valence-corrected chi connectivity index (χ4v) is 3.74. The minimum atomic E-state index is -3.75. The lowest BCUT2D eigenvalue weighted by Crippen LogP contribution is -2.34. The van der Waals surface area contributed by atoms with Gasteiger partial charge in [0.25, 0.3) is 5.91 Å². The summed E-state index contributed by atoms with van der Waals surface area (Å²) in [5.41, 5.74) is 1.00. The van der Waals surface area contributed by atoms with Gasteiger partial charge in [-0.2, -0.15) is 0 Å². The number of sulfonamides is 1. The van der Waals surface area contributed by atoms with Gasteiger partial charge in [-0.3, -0.25) is 9.59 Å².